The highest BCUT2D eigenvalue weighted by Gasteiger charge is 2.02. The van der Waals surface area contributed by atoms with Crippen LogP contribution in [0.3, 0.4) is 0 Å². The van der Waals surface area contributed by atoms with E-state index in [0.29, 0.717) is 11.3 Å². The van der Waals surface area contributed by atoms with E-state index in [-0.39, 0.29) is 5.82 Å². The van der Waals surface area contributed by atoms with Gasteiger partial charge in [-0.25, -0.2) is 4.98 Å². The average molecular weight is 310 g/mol. The summed E-state index contributed by atoms with van der Waals surface area (Å²) in [6.45, 7) is 0. The summed E-state index contributed by atoms with van der Waals surface area (Å²) in [7, 11) is 1.62. The number of hydrogen-bond acceptors (Lipinski definition) is 4. The minimum Gasteiger partial charge on any atom is -0.497 e. The molecule has 2 aromatic heterocycles. The van der Waals surface area contributed by atoms with Crippen LogP contribution in [-0.4, -0.2) is 12.1 Å². The molecule has 0 amide bonds. The number of rotatable bonds is 4. The maximum atomic E-state index is 13.5. The van der Waals surface area contributed by atoms with E-state index in [9.17, 15) is 4.39 Å². The Morgan fingerprint density at radius 3 is 2.74 bits per heavy atom. The Morgan fingerprint density at radius 1 is 1.13 bits per heavy atom. The number of hydrogen-bond donors (Lipinski definition) is 1. The minimum atomic E-state index is -0.592. The molecule has 0 fully saturated rings. The number of nitrogens with zero attached hydrogens (tertiary/aromatic N) is 1. The SMILES string of the molecule is COc1ccc2oc(/C=C/C=C/c3ccc(N)nc3F)cc2c1. The summed E-state index contributed by atoms with van der Waals surface area (Å²) < 4.78 is 24.4. The van der Waals surface area contributed by atoms with Crippen molar-refractivity contribution in [1.29, 1.82) is 0 Å². The van der Waals surface area contributed by atoms with Crippen LogP contribution in [0.4, 0.5) is 10.2 Å². The normalized spacial score (nSPS) is 11.7. The topological polar surface area (TPSA) is 61.3 Å². The largest absolute Gasteiger partial charge is 0.497 e. The average Bonchev–Trinajstić information content (AvgIpc) is 2.94. The molecule has 4 nitrogen and oxygen atoms in total. The quantitative estimate of drug-likeness (QED) is 0.577. The second kappa shape index (κ2) is 6.36. The molecule has 3 aromatic rings. The summed E-state index contributed by atoms with van der Waals surface area (Å²) in [4.78, 5) is 3.56. The number of halogens is 1. The Balaban J connectivity index is 1.76. The highest BCUT2D eigenvalue weighted by molar-refractivity contribution is 5.81. The Morgan fingerprint density at radius 2 is 1.96 bits per heavy atom. The van der Waals surface area contributed by atoms with Crippen LogP contribution in [0.25, 0.3) is 23.1 Å². The van der Waals surface area contributed by atoms with Crippen molar-refractivity contribution in [2.75, 3.05) is 12.8 Å². The minimum absolute atomic E-state index is 0.160. The number of pyridine rings is 1. The predicted molar refractivity (Wildman–Crippen MR) is 89.4 cm³/mol. The summed E-state index contributed by atoms with van der Waals surface area (Å²) in [6, 6.07) is 10.6. The molecule has 0 saturated heterocycles. The molecule has 0 bridgehead atoms. The van der Waals surface area contributed by atoms with Crippen LogP contribution in [0.5, 0.6) is 5.75 Å². The zero-order chi connectivity index (χ0) is 16.2. The monoisotopic (exact) mass is 310 g/mol. The fourth-order valence-electron chi connectivity index (χ4n) is 2.14. The molecule has 116 valence electrons. The van der Waals surface area contributed by atoms with Gasteiger partial charge >= 0.3 is 0 Å². The molecule has 2 heterocycles. The van der Waals surface area contributed by atoms with E-state index in [4.69, 9.17) is 14.9 Å². The highest BCUT2D eigenvalue weighted by Crippen LogP contribution is 2.24. The van der Waals surface area contributed by atoms with Crippen molar-refractivity contribution in [3.8, 4) is 5.75 Å². The van der Waals surface area contributed by atoms with Crippen LogP contribution >= 0.6 is 0 Å². The van der Waals surface area contributed by atoms with E-state index in [1.165, 1.54) is 0 Å². The molecular formula is C18H15FN2O2. The lowest BCUT2D eigenvalue weighted by molar-refractivity contribution is 0.415. The van der Waals surface area contributed by atoms with Crippen LogP contribution in [0, 0.1) is 5.95 Å². The third kappa shape index (κ3) is 3.40. The first-order valence-corrected chi connectivity index (χ1v) is 7.00. The number of furan rings is 1. The molecule has 0 aliphatic rings. The van der Waals surface area contributed by atoms with Crippen molar-refractivity contribution in [1.82, 2.24) is 4.98 Å². The summed E-state index contributed by atoms with van der Waals surface area (Å²) in [5, 5.41) is 0.960. The maximum absolute atomic E-state index is 13.5. The summed E-state index contributed by atoms with van der Waals surface area (Å²) in [5.74, 6) is 1.05. The standard InChI is InChI=1S/C18H15FN2O2/c1-22-14-7-8-16-13(10-14)11-15(23-16)5-3-2-4-12-6-9-17(20)21-18(12)19/h2-11H,1H3,(H2,20,21)/b4-2+,5-3+. The number of fused-ring (bicyclic) bond motifs is 1. The number of nitrogen functional groups attached to an aromatic ring is 1. The first-order valence-electron chi connectivity index (χ1n) is 7.00. The number of methoxy groups -OCH3 is 1. The van der Waals surface area contributed by atoms with Gasteiger partial charge in [0.1, 0.15) is 22.9 Å². The number of allylic oxidation sites excluding steroid dienone is 2. The van der Waals surface area contributed by atoms with Gasteiger partial charge < -0.3 is 14.9 Å². The molecular weight excluding hydrogens is 295 g/mol. The molecule has 2 N–H and O–H groups in total. The first kappa shape index (κ1) is 14.8. The second-order valence-corrected chi connectivity index (χ2v) is 4.89. The maximum Gasteiger partial charge on any atom is 0.222 e. The lowest BCUT2D eigenvalue weighted by Gasteiger charge is -1.96. The molecule has 0 radical (unpaired) electrons. The Kier molecular flexibility index (Phi) is 4.10. The Labute approximate surface area is 132 Å². The van der Waals surface area contributed by atoms with Crippen molar-refractivity contribution in [2.45, 2.75) is 0 Å². The number of aromatic nitrogens is 1. The van der Waals surface area contributed by atoms with Crippen LogP contribution in [-0.2, 0) is 0 Å². The van der Waals surface area contributed by atoms with Crippen molar-refractivity contribution in [3.05, 3.63) is 65.8 Å². The zero-order valence-electron chi connectivity index (χ0n) is 12.5. The lowest BCUT2D eigenvalue weighted by atomic mass is 10.2. The van der Waals surface area contributed by atoms with Gasteiger partial charge in [0.15, 0.2) is 0 Å². The molecule has 0 aliphatic heterocycles. The van der Waals surface area contributed by atoms with E-state index in [0.717, 1.165) is 16.7 Å². The van der Waals surface area contributed by atoms with Gasteiger partial charge in [0.2, 0.25) is 5.95 Å². The van der Waals surface area contributed by atoms with Gasteiger partial charge in [-0.3, -0.25) is 0 Å². The van der Waals surface area contributed by atoms with Crippen molar-refractivity contribution < 1.29 is 13.5 Å². The molecule has 1 aromatic carbocycles. The van der Waals surface area contributed by atoms with Crippen LogP contribution in [0.15, 0.2) is 53.0 Å². The number of benzene rings is 1. The van der Waals surface area contributed by atoms with E-state index in [1.807, 2.05) is 24.3 Å². The van der Waals surface area contributed by atoms with Gasteiger partial charge in [0.05, 0.1) is 7.11 Å². The Hall–Kier alpha value is -3.08. The van der Waals surface area contributed by atoms with Crippen molar-refractivity contribution in [2.24, 2.45) is 0 Å². The number of anilines is 1. The number of nitrogens with two attached hydrogens (primary N) is 1. The van der Waals surface area contributed by atoms with Gasteiger partial charge in [0, 0.05) is 10.9 Å². The fraction of sp³-hybridized carbons (Fsp3) is 0.0556. The van der Waals surface area contributed by atoms with Gasteiger partial charge in [-0.05, 0) is 42.5 Å². The zero-order valence-corrected chi connectivity index (χ0v) is 12.5. The molecule has 0 aliphatic carbocycles. The van der Waals surface area contributed by atoms with Crippen molar-refractivity contribution in [3.63, 3.8) is 0 Å². The van der Waals surface area contributed by atoms with E-state index < -0.39 is 5.95 Å². The third-order valence-corrected chi connectivity index (χ3v) is 3.29. The second-order valence-electron chi connectivity index (χ2n) is 4.89. The molecule has 0 saturated carbocycles. The van der Waals surface area contributed by atoms with Crippen LogP contribution < -0.4 is 10.5 Å². The van der Waals surface area contributed by atoms with Crippen LogP contribution in [0.1, 0.15) is 11.3 Å². The fourth-order valence-corrected chi connectivity index (χ4v) is 2.14. The van der Waals surface area contributed by atoms with Crippen molar-refractivity contribution >= 4 is 28.9 Å². The van der Waals surface area contributed by atoms with Gasteiger partial charge in [-0.2, -0.15) is 4.39 Å². The summed E-state index contributed by atoms with van der Waals surface area (Å²) in [6.07, 6.45) is 6.89. The number of ether oxygens (including phenoxy) is 1. The lowest BCUT2D eigenvalue weighted by Crippen LogP contribution is -1.94. The van der Waals surface area contributed by atoms with E-state index in [1.54, 1.807) is 43.5 Å². The Bertz CT molecular complexity index is 897. The molecule has 3 rings (SSSR count). The van der Waals surface area contributed by atoms with Crippen LogP contribution in [0.2, 0.25) is 0 Å². The summed E-state index contributed by atoms with van der Waals surface area (Å²) in [5.41, 5.74) is 6.56. The van der Waals surface area contributed by atoms with E-state index >= 15 is 0 Å². The smallest absolute Gasteiger partial charge is 0.222 e. The molecule has 0 unspecified atom stereocenters. The molecule has 0 atom stereocenters. The van der Waals surface area contributed by atoms with Gasteiger partial charge in [0.25, 0.3) is 0 Å². The molecule has 23 heavy (non-hydrogen) atoms. The molecule has 0 spiro atoms. The van der Waals surface area contributed by atoms with Gasteiger partial charge in [-0.1, -0.05) is 18.2 Å². The van der Waals surface area contributed by atoms with Gasteiger partial charge in [-0.15, -0.1) is 0 Å². The third-order valence-electron chi connectivity index (χ3n) is 3.29. The van der Waals surface area contributed by atoms with E-state index in [2.05, 4.69) is 4.98 Å². The first-order chi connectivity index (χ1) is 11.2. The molecule has 5 heteroatoms. The highest BCUT2D eigenvalue weighted by atomic mass is 19.1. The predicted octanol–water partition coefficient (Wildman–Crippen LogP) is 4.28. The summed E-state index contributed by atoms with van der Waals surface area (Å²) >= 11 is 0.